The van der Waals surface area contributed by atoms with Gasteiger partial charge in [-0.3, -0.25) is 0 Å². The monoisotopic (exact) mass is 146 g/mol. The second kappa shape index (κ2) is 2.17. The lowest BCUT2D eigenvalue weighted by atomic mass is 10.1. The van der Waals surface area contributed by atoms with Gasteiger partial charge < -0.3 is 19.7 Å². The van der Waals surface area contributed by atoms with E-state index < -0.39 is 12.2 Å². The maximum absolute atomic E-state index is 9.27. The first-order valence-electron chi connectivity index (χ1n) is 3.39. The molecule has 2 heterocycles. The van der Waals surface area contributed by atoms with Gasteiger partial charge in [-0.2, -0.15) is 0 Å². The molecule has 0 aromatic carbocycles. The zero-order valence-corrected chi connectivity index (χ0v) is 5.43. The van der Waals surface area contributed by atoms with Gasteiger partial charge in [0.25, 0.3) is 0 Å². The number of epoxide rings is 1. The topological polar surface area (TPSA) is 62.2 Å². The van der Waals surface area contributed by atoms with Crippen LogP contribution in [0.4, 0.5) is 0 Å². The third-order valence-electron chi connectivity index (χ3n) is 1.99. The molecule has 2 fully saturated rings. The molecular weight excluding hydrogens is 136 g/mol. The van der Waals surface area contributed by atoms with Crippen LogP contribution in [0, 0.1) is 0 Å². The lowest BCUT2D eigenvalue weighted by molar-refractivity contribution is -0.0807. The minimum absolute atomic E-state index is 0.0779. The molecule has 58 valence electrons. The largest absolute Gasteiger partial charge is 0.394 e. The second-order valence-electron chi connectivity index (χ2n) is 2.68. The van der Waals surface area contributed by atoms with E-state index in [0.717, 1.165) is 0 Å². The molecule has 0 saturated carbocycles. The van der Waals surface area contributed by atoms with Crippen LogP contribution in [0.1, 0.15) is 0 Å². The highest BCUT2D eigenvalue weighted by Gasteiger charge is 2.51. The Morgan fingerprint density at radius 1 is 1.50 bits per heavy atom. The first-order valence-corrected chi connectivity index (χ1v) is 3.39. The smallest absolute Gasteiger partial charge is 0.115 e. The van der Waals surface area contributed by atoms with Crippen molar-refractivity contribution >= 4 is 0 Å². The van der Waals surface area contributed by atoms with E-state index >= 15 is 0 Å². The molecule has 0 aliphatic carbocycles. The molecule has 2 rings (SSSR count). The van der Waals surface area contributed by atoms with Crippen molar-refractivity contribution in [2.75, 3.05) is 13.2 Å². The highest BCUT2D eigenvalue weighted by Crippen LogP contribution is 2.32. The standard InChI is InChI=1S/C6H10O4/c7-1-3-5(8)6-4(10-6)2-9-3/h3-8H,1-2H2/t3-,4+,5-,6+/m0/s1. The van der Waals surface area contributed by atoms with Crippen molar-refractivity contribution in [3.8, 4) is 0 Å². The van der Waals surface area contributed by atoms with Gasteiger partial charge in [-0.15, -0.1) is 0 Å². The third kappa shape index (κ3) is 0.845. The van der Waals surface area contributed by atoms with Gasteiger partial charge in [-0.05, 0) is 0 Å². The van der Waals surface area contributed by atoms with E-state index in [1.807, 2.05) is 0 Å². The van der Waals surface area contributed by atoms with Crippen molar-refractivity contribution in [1.29, 1.82) is 0 Å². The first-order chi connectivity index (χ1) is 4.83. The fourth-order valence-corrected chi connectivity index (χ4v) is 1.28. The molecule has 0 radical (unpaired) electrons. The van der Waals surface area contributed by atoms with Crippen LogP contribution < -0.4 is 0 Å². The Bertz CT molecular complexity index is 138. The van der Waals surface area contributed by atoms with Gasteiger partial charge >= 0.3 is 0 Å². The van der Waals surface area contributed by atoms with Crippen LogP contribution in [0.3, 0.4) is 0 Å². The maximum atomic E-state index is 9.27. The van der Waals surface area contributed by atoms with Crippen molar-refractivity contribution in [3.63, 3.8) is 0 Å². The van der Waals surface area contributed by atoms with Crippen molar-refractivity contribution in [2.24, 2.45) is 0 Å². The van der Waals surface area contributed by atoms with Crippen LogP contribution in [0.2, 0.25) is 0 Å². The van der Waals surface area contributed by atoms with Crippen molar-refractivity contribution < 1.29 is 19.7 Å². The number of rotatable bonds is 1. The molecule has 0 unspecified atom stereocenters. The fourth-order valence-electron chi connectivity index (χ4n) is 1.28. The average Bonchev–Trinajstić information content (AvgIpc) is 2.68. The molecule has 0 spiro atoms. The Labute approximate surface area is 58.4 Å². The van der Waals surface area contributed by atoms with Gasteiger partial charge in [0, 0.05) is 0 Å². The predicted molar refractivity (Wildman–Crippen MR) is 31.5 cm³/mol. The fraction of sp³-hybridized carbons (Fsp3) is 1.00. The Morgan fingerprint density at radius 3 is 3.00 bits per heavy atom. The zero-order chi connectivity index (χ0) is 7.14. The van der Waals surface area contributed by atoms with E-state index in [2.05, 4.69) is 0 Å². The number of hydrogen-bond acceptors (Lipinski definition) is 4. The Kier molecular flexibility index (Phi) is 1.42. The van der Waals surface area contributed by atoms with E-state index in [1.165, 1.54) is 0 Å². The van der Waals surface area contributed by atoms with Crippen LogP contribution in [0.5, 0.6) is 0 Å². The molecule has 0 amide bonds. The van der Waals surface area contributed by atoms with E-state index in [0.29, 0.717) is 6.61 Å². The molecule has 0 aromatic rings. The molecule has 4 atom stereocenters. The summed E-state index contributed by atoms with van der Waals surface area (Å²) in [5.74, 6) is 0. The quantitative estimate of drug-likeness (QED) is 0.442. The van der Waals surface area contributed by atoms with Crippen LogP contribution in [0.25, 0.3) is 0 Å². The summed E-state index contributed by atoms with van der Waals surface area (Å²) >= 11 is 0. The molecule has 4 nitrogen and oxygen atoms in total. The normalized spacial score (nSPS) is 52.2. The average molecular weight is 146 g/mol. The van der Waals surface area contributed by atoms with Gasteiger partial charge in [0.1, 0.15) is 24.4 Å². The SMILES string of the molecule is OC[C@@H]1OC[C@H]2O[C@H]2[C@H]1O. The van der Waals surface area contributed by atoms with Gasteiger partial charge in [-0.25, -0.2) is 0 Å². The Morgan fingerprint density at radius 2 is 2.30 bits per heavy atom. The Balaban J connectivity index is 1.97. The molecule has 2 aliphatic rings. The summed E-state index contributed by atoms with van der Waals surface area (Å²) in [5, 5.41) is 17.9. The van der Waals surface area contributed by atoms with Crippen molar-refractivity contribution in [3.05, 3.63) is 0 Å². The van der Waals surface area contributed by atoms with Gasteiger partial charge in [-0.1, -0.05) is 0 Å². The number of ether oxygens (including phenoxy) is 2. The van der Waals surface area contributed by atoms with Crippen molar-refractivity contribution in [2.45, 2.75) is 24.4 Å². The lowest BCUT2D eigenvalue weighted by Crippen LogP contribution is -2.42. The number of aliphatic hydroxyl groups is 2. The van der Waals surface area contributed by atoms with Gasteiger partial charge in [0.2, 0.25) is 0 Å². The van der Waals surface area contributed by atoms with Crippen molar-refractivity contribution in [1.82, 2.24) is 0 Å². The third-order valence-corrected chi connectivity index (χ3v) is 1.99. The van der Waals surface area contributed by atoms with Gasteiger partial charge in [0.05, 0.1) is 13.2 Å². The summed E-state index contributed by atoms with van der Waals surface area (Å²) in [5.41, 5.74) is 0. The summed E-state index contributed by atoms with van der Waals surface area (Å²) in [6.45, 7) is 0.376. The van der Waals surface area contributed by atoms with Crippen LogP contribution in [-0.4, -0.2) is 47.8 Å². The molecule has 10 heavy (non-hydrogen) atoms. The summed E-state index contributed by atoms with van der Waals surface area (Å²) in [4.78, 5) is 0. The van der Waals surface area contributed by atoms with E-state index in [1.54, 1.807) is 0 Å². The highest BCUT2D eigenvalue weighted by molar-refractivity contribution is 4.97. The molecule has 2 N–H and O–H groups in total. The predicted octanol–water partition coefficient (Wildman–Crippen LogP) is -1.49. The summed E-state index contributed by atoms with van der Waals surface area (Å²) in [6, 6.07) is 0. The van der Waals surface area contributed by atoms with Crippen LogP contribution in [0.15, 0.2) is 0 Å². The summed E-state index contributed by atoms with van der Waals surface area (Å²) in [6.07, 6.45) is -1.07. The minimum atomic E-state index is -0.635. The molecule has 2 aliphatic heterocycles. The van der Waals surface area contributed by atoms with Crippen LogP contribution in [-0.2, 0) is 9.47 Å². The van der Waals surface area contributed by atoms with E-state index in [9.17, 15) is 5.11 Å². The van der Waals surface area contributed by atoms with E-state index in [-0.39, 0.29) is 18.8 Å². The number of hydrogen-bond donors (Lipinski definition) is 2. The molecule has 2 saturated heterocycles. The minimum Gasteiger partial charge on any atom is -0.394 e. The second-order valence-corrected chi connectivity index (χ2v) is 2.68. The molecule has 0 aromatic heterocycles. The Hall–Kier alpha value is -0.160. The van der Waals surface area contributed by atoms with E-state index in [4.69, 9.17) is 14.6 Å². The summed E-state index contributed by atoms with van der Waals surface area (Å²) < 4.78 is 10.1. The first kappa shape index (κ1) is 6.54. The summed E-state index contributed by atoms with van der Waals surface area (Å²) in [7, 11) is 0. The number of fused-ring (bicyclic) bond motifs is 1. The lowest BCUT2D eigenvalue weighted by Gasteiger charge is -2.22. The maximum Gasteiger partial charge on any atom is 0.115 e. The van der Waals surface area contributed by atoms with Crippen LogP contribution >= 0.6 is 0 Å². The molecule has 0 bridgehead atoms. The molecular formula is C6H10O4. The number of aliphatic hydroxyl groups excluding tert-OH is 2. The zero-order valence-electron chi connectivity index (χ0n) is 5.43. The van der Waals surface area contributed by atoms with Gasteiger partial charge in [0.15, 0.2) is 0 Å². The highest BCUT2D eigenvalue weighted by atomic mass is 16.6. The molecule has 4 heteroatoms.